The molecule has 7 nitrogen and oxygen atoms in total. The molecule has 2 heterocycles. The van der Waals surface area contributed by atoms with Crippen molar-refractivity contribution in [3.63, 3.8) is 0 Å². The van der Waals surface area contributed by atoms with Gasteiger partial charge in [0.15, 0.2) is 10.6 Å². The Morgan fingerprint density at radius 3 is 2.77 bits per heavy atom. The number of halogens is 1. The van der Waals surface area contributed by atoms with Crippen LogP contribution in [0.3, 0.4) is 0 Å². The lowest BCUT2D eigenvalue weighted by Crippen LogP contribution is -2.12. The van der Waals surface area contributed by atoms with E-state index in [1.165, 1.54) is 6.07 Å². The largest absolute Gasteiger partial charge is 0.496 e. The highest BCUT2D eigenvalue weighted by Crippen LogP contribution is 2.31. The Balaban J connectivity index is 1.58. The molecule has 0 aliphatic carbocycles. The minimum Gasteiger partial charge on any atom is -0.496 e. The zero-order chi connectivity index (χ0) is 21.1. The average Bonchev–Trinajstić information content (AvgIpc) is 3.17. The van der Waals surface area contributed by atoms with E-state index in [0.717, 1.165) is 0 Å². The quantitative estimate of drug-likeness (QED) is 0.483. The van der Waals surface area contributed by atoms with Crippen molar-refractivity contribution in [1.29, 1.82) is 0 Å². The molecule has 0 aliphatic heterocycles. The molecule has 152 valence electrons. The molecule has 8 heteroatoms. The van der Waals surface area contributed by atoms with Gasteiger partial charge in [0.05, 0.1) is 18.1 Å². The highest BCUT2D eigenvalue weighted by molar-refractivity contribution is 6.29. The maximum atomic E-state index is 12.6. The molecule has 1 amide bonds. The summed E-state index contributed by atoms with van der Waals surface area (Å²) in [5, 5.41) is 7.04. The third-order valence-corrected chi connectivity index (χ3v) is 4.69. The van der Waals surface area contributed by atoms with Gasteiger partial charge in [0.1, 0.15) is 22.9 Å². The summed E-state index contributed by atoms with van der Waals surface area (Å²) >= 11 is 5.70. The molecule has 0 bridgehead atoms. The average molecular weight is 425 g/mol. The first-order chi connectivity index (χ1) is 14.5. The number of carbonyl (C=O) groups is 1. The predicted molar refractivity (Wildman–Crippen MR) is 113 cm³/mol. The third kappa shape index (κ3) is 4.21. The smallest absolute Gasteiger partial charge is 0.224 e. The van der Waals surface area contributed by atoms with Crippen LogP contribution >= 0.6 is 11.6 Å². The second kappa shape index (κ2) is 8.42. The Morgan fingerprint density at radius 1 is 1.17 bits per heavy atom. The molecule has 0 spiro atoms. The molecule has 4 aromatic rings. The number of fused-ring (bicyclic) bond motifs is 1. The Labute approximate surface area is 176 Å². The van der Waals surface area contributed by atoms with Crippen LogP contribution in [0.5, 0.6) is 5.75 Å². The molecule has 0 saturated heterocycles. The second-order valence-corrected chi connectivity index (χ2v) is 6.94. The van der Waals surface area contributed by atoms with Gasteiger partial charge in [-0.2, -0.15) is 0 Å². The SMILES string of the molecule is COc1ccccc1-c1cc(=O)c2ccc(NC(=O)CCc3cc(Cl)no3)cc2o1. The van der Waals surface area contributed by atoms with Gasteiger partial charge < -0.3 is 19.0 Å². The molecule has 0 aliphatic rings. The predicted octanol–water partition coefficient (Wildman–Crippen LogP) is 4.68. The lowest BCUT2D eigenvalue weighted by molar-refractivity contribution is -0.116. The molecule has 0 atom stereocenters. The number of hydrogen-bond donors (Lipinski definition) is 1. The summed E-state index contributed by atoms with van der Waals surface area (Å²) in [7, 11) is 1.55. The van der Waals surface area contributed by atoms with Crippen LogP contribution in [-0.4, -0.2) is 18.2 Å². The van der Waals surface area contributed by atoms with Gasteiger partial charge in [-0.25, -0.2) is 0 Å². The van der Waals surface area contributed by atoms with Gasteiger partial charge in [-0.1, -0.05) is 28.9 Å². The minimum absolute atomic E-state index is 0.183. The van der Waals surface area contributed by atoms with E-state index < -0.39 is 0 Å². The van der Waals surface area contributed by atoms with E-state index in [0.29, 0.717) is 45.9 Å². The monoisotopic (exact) mass is 424 g/mol. The number of methoxy groups -OCH3 is 1. The molecule has 2 aromatic carbocycles. The number of carbonyl (C=O) groups excluding carboxylic acids is 1. The summed E-state index contributed by atoms with van der Waals surface area (Å²) < 4.78 is 16.3. The van der Waals surface area contributed by atoms with Gasteiger partial charge in [0, 0.05) is 36.7 Å². The van der Waals surface area contributed by atoms with Crippen LogP contribution in [0.25, 0.3) is 22.3 Å². The standard InChI is InChI=1S/C22H17ClN2O5/c1-28-18-5-3-2-4-16(18)20-12-17(26)15-8-6-13(10-19(15)29-20)24-22(27)9-7-14-11-21(23)25-30-14/h2-6,8,10-12H,7,9H2,1H3,(H,24,27). The summed E-state index contributed by atoms with van der Waals surface area (Å²) in [6.45, 7) is 0. The highest BCUT2D eigenvalue weighted by atomic mass is 35.5. The fourth-order valence-electron chi connectivity index (χ4n) is 3.08. The Morgan fingerprint density at radius 2 is 2.00 bits per heavy atom. The van der Waals surface area contributed by atoms with Crippen molar-refractivity contribution in [3.05, 3.63) is 75.7 Å². The number of aromatic nitrogens is 1. The first-order valence-corrected chi connectivity index (χ1v) is 9.53. The number of nitrogens with one attached hydrogen (secondary N) is 1. The van der Waals surface area contributed by atoms with Crippen molar-refractivity contribution in [2.24, 2.45) is 0 Å². The van der Waals surface area contributed by atoms with Crippen LogP contribution in [-0.2, 0) is 11.2 Å². The van der Waals surface area contributed by atoms with Crippen LogP contribution in [0.2, 0.25) is 5.15 Å². The van der Waals surface area contributed by atoms with E-state index in [1.807, 2.05) is 18.2 Å². The van der Waals surface area contributed by atoms with Crippen LogP contribution in [0.4, 0.5) is 5.69 Å². The molecule has 0 unspecified atom stereocenters. The van der Waals surface area contributed by atoms with Gasteiger partial charge >= 0.3 is 0 Å². The fourth-order valence-corrected chi connectivity index (χ4v) is 3.24. The van der Waals surface area contributed by atoms with E-state index in [4.69, 9.17) is 25.3 Å². The number of benzene rings is 2. The second-order valence-electron chi connectivity index (χ2n) is 6.55. The van der Waals surface area contributed by atoms with Crippen molar-refractivity contribution in [1.82, 2.24) is 5.16 Å². The lowest BCUT2D eigenvalue weighted by atomic mass is 10.1. The maximum absolute atomic E-state index is 12.6. The number of aryl methyl sites for hydroxylation is 1. The molecule has 0 fully saturated rings. The van der Waals surface area contributed by atoms with Gasteiger partial charge in [0.2, 0.25) is 5.91 Å². The maximum Gasteiger partial charge on any atom is 0.224 e. The number of rotatable bonds is 6. The van der Waals surface area contributed by atoms with E-state index in [2.05, 4.69) is 10.5 Å². The zero-order valence-corrected chi connectivity index (χ0v) is 16.7. The van der Waals surface area contributed by atoms with Gasteiger partial charge in [0.25, 0.3) is 0 Å². The van der Waals surface area contributed by atoms with Crippen LogP contribution in [0.1, 0.15) is 12.2 Å². The number of para-hydroxylation sites is 1. The van der Waals surface area contributed by atoms with Crippen LogP contribution in [0, 0.1) is 0 Å². The zero-order valence-electron chi connectivity index (χ0n) is 16.0. The van der Waals surface area contributed by atoms with Crippen molar-refractivity contribution in [3.8, 4) is 17.1 Å². The van der Waals surface area contributed by atoms with Crippen LogP contribution < -0.4 is 15.5 Å². The number of nitrogens with zero attached hydrogens (tertiary/aromatic N) is 1. The van der Waals surface area contributed by atoms with E-state index >= 15 is 0 Å². The molecular weight excluding hydrogens is 408 g/mol. The fraction of sp³-hybridized carbons (Fsp3) is 0.136. The van der Waals surface area contributed by atoms with Crippen molar-refractivity contribution >= 4 is 34.2 Å². The summed E-state index contributed by atoms with van der Waals surface area (Å²) in [6, 6.07) is 15.2. The Bertz CT molecular complexity index is 1280. The van der Waals surface area contributed by atoms with E-state index in [-0.39, 0.29) is 22.9 Å². The highest BCUT2D eigenvalue weighted by Gasteiger charge is 2.13. The van der Waals surface area contributed by atoms with Crippen molar-refractivity contribution in [2.45, 2.75) is 12.8 Å². The van der Waals surface area contributed by atoms with Gasteiger partial charge in [-0.05, 0) is 24.3 Å². The Hall–Kier alpha value is -3.58. The molecular formula is C22H17ClN2O5. The third-order valence-electron chi connectivity index (χ3n) is 4.51. The number of hydrogen-bond acceptors (Lipinski definition) is 6. The normalized spacial score (nSPS) is 10.9. The van der Waals surface area contributed by atoms with Crippen molar-refractivity contribution in [2.75, 3.05) is 12.4 Å². The topological polar surface area (TPSA) is 94.6 Å². The summed E-state index contributed by atoms with van der Waals surface area (Å²) in [5.41, 5.74) is 1.36. The van der Waals surface area contributed by atoms with Crippen LogP contribution in [0.15, 0.2) is 68.3 Å². The van der Waals surface area contributed by atoms with E-state index in [1.54, 1.807) is 37.4 Å². The molecule has 0 saturated carbocycles. The molecule has 1 N–H and O–H groups in total. The summed E-state index contributed by atoms with van der Waals surface area (Å²) in [4.78, 5) is 24.8. The summed E-state index contributed by atoms with van der Waals surface area (Å²) in [5.74, 6) is 1.29. The molecule has 30 heavy (non-hydrogen) atoms. The van der Waals surface area contributed by atoms with E-state index in [9.17, 15) is 9.59 Å². The number of amides is 1. The Kier molecular flexibility index (Phi) is 5.54. The number of anilines is 1. The van der Waals surface area contributed by atoms with Gasteiger partial charge in [-0.15, -0.1) is 0 Å². The first-order valence-electron chi connectivity index (χ1n) is 9.16. The summed E-state index contributed by atoms with van der Waals surface area (Å²) in [6.07, 6.45) is 0.556. The molecule has 0 radical (unpaired) electrons. The number of ether oxygens (including phenoxy) is 1. The van der Waals surface area contributed by atoms with Gasteiger partial charge in [-0.3, -0.25) is 9.59 Å². The lowest BCUT2D eigenvalue weighted by Gasteiger charge is -2.09. The minimum atomic E-state index is -0.217. The first kappa shape index (κ1) is 19.7. The molecule has 2 aromatic heterocycles. The molecule has 4 rings (SSSR count). The van der Waals surface area contributed by atoms with Crippen molar-refractivity contribution < 1.29 is 18.5 Å².